The monoisotopic (exact) mass is 314 g/mol. The van der Waals surface area contributed by atoms with Gasteiger partial charge in [0, 0.05) is 18.3 Å². The van der Waals surface area contributed by atoms with Crippen LogP contribution in [0.25, 0.3) is 0 Å². The third-order valence-corrected chi connectivity index (χ3v) is 3.82. The lowest BCUT2D eigenvalue weighted by Crippen LogP contribution is -2.29. The number of nitrogens with two attached hydrogens (primary N) is 1. The summed E-state index contributed by atoms with van der Waals surface area (Å²) in [5.41, 5.74) is 6.03. The Morgan fingerprint density at radius 2 is 2.05 bits per heavy atom. The SMILES string of the molecule is COc1cc(C(=O)NCC2CCCC2)c(N)cc1OC(F)F. The number of ether oxygens (including phenoxy) is 2. The molecule has 0 saturated heterocycles. The van der Waals surface area contributed by atoms with E-state index >= 15 is 0 Å². The molecular weight excluding hydrogens is 294 g/mol. The van der Waals surface area contributed by atoms with Gasteiger partial charge in [-0.3, -0.25) is 4.79 Å². The Bertz CT molecular complexity index is 532. The van der Waals surface area contributed by atoms with Crippen molar-refractivity contribution in [2.24, 2.45) is 5.92 Å². The van der Waals surface area contributed by atoms with Gasteiger partial charge in [-0.15, -0.1) is 0 Å². The van der Waals surface area contributed by atoms with Crippen molar-refractivity contribution in [1.82, 2.24) is 5.32 Å². The smallest absolute Gasteiger partial charge is 0.387 e. The number of nitrogen functional groups attached to an aromatic ring is 1. The Kier molecular flexibility index (Phi) is 5.41. The minimum atomic E-state index is -2.99. The molecule has 1 amide bonds. The van der Waals surface area contributed by atoms with E-state index in [9.17, 15) is 13.6 Å². The number of amides is 1. The van der Waals surface area contributed by atoms with Crippen LogP contribution in [-0.2, 0) is 0 Å². The van der Waals surface area contributed by atoms with Crippen LogP contribution in [0.4, 0.5) is 14.5 Å². The second-order valence-corrected chi connectivity index (χ2v) is 5.33. The molecule has 0 unspecified atom stereocenters. The molecule has 122 valence electrons. The maximum absolute atomic E-state index is 12.3. The molecular formula is C15H20F2N2O3. The van der Waals surface area contributed by atoms with Crippen molar-refractivity contribution in [2.45, 2.75) is 32.3 Å². The first-order valence-electron chi connectivity index (χ1n) is 7.21. The zero-order valence-electron chi connectivity index (χ0n) is 12.4. The van der Waals surface area contributed by atoms with E-state index in [1.54, 1.807) is 0 Å². The zero-order chi connectivity index (χ0) is 16.1. The first-order chi connectivity index (χ1) is 10.5. The lowest BCUT2D eigenvalue weighted by Gasteiger charge is -2.15. The number of rotatable bonds is 6. The number of nitrogens with one attached hydrogen (secondary N) is 1. The Labute approximate surface area is 127 Å². The molecule has 0 radical (unpaired) electrons. The van der Waals surface area contributed by atoms with Crippen LogP contribution in [0.3, 0.4) is 0 Å². The highest BCUT2D eigenvalue weighted by molar-refractivity contribution is 6.00. The van der Waals surface area contributed by atoms with E-state index in [-0.39, 0.29) is 28.7 Å². The fourth-order valence-electron chi connectivity index (χ4n) is 2.67. The molecule has 1 aliphatic carbocycles. The molecule has 1 aromatic carbocycles. The topological polar surface area (TPSA) is 73.6 Å². The molecule has 1 fully saturated rings. The molecule has 22 heavy (non-hydrogen) atoms. The fraction of sp³-hybridized carbons (Fsp3) is 0.533. The fourth-order valence-corrected chi connectivity index (χ4v) is 2.67. The van der Waals surface area contributed by atoms with Crippen molar-refractivity contribution in [3.05, 3.63) is 17.7 Å². The minimum absolute atomic E-state index is 0.0421. The Morgan fingerprint density at radius 3 is 2.64 bits per heavy atom. The largest absolute Gasteiger partial charge is 0.493 e. The van der Waals surface area contributed by atoms with Crippen LogP contribution in [0.5, 0.6) is 11.5 Å². The van der Waals surface area contributed by atoms with Crippen LogP contribution in [0.15, 0.2) is 12.1 Å². The average molecular weight is 314 g/mol. The van der Waals surface area contributed by atoms with E-state index in [0.29, 0.717) is 12.5 Å². The minimum Gasteiger partial charge on any atom is -0.493 e. The van der Waals surface area contributed by atoms with Gasteiger partial charge in [0.15, 0.2) is 11.5 Å². The van der Waals surface area contributed by atoms with Gasteiger partial charge in [-0.05, 0) is 24.8 Å². The summed E-state index contributed by atoms with van der Waals surface area (Å²) in [6.07, 6.45) is 4.60. The lowest BCUT2D eigenvalue weighted by molar-refractivity contribution is -0.0511. The van der Waals surface area contributed by atoms with Crippen LogP contribution in [0.1, 0.15) is 36.0 Å². The molecule has 0 heterocycles. The predicted octanol–water partition coefficient (Wildman–Crippen LogP) is 2.80. The van der Waals surface area contributed by atoms with E-state index in [2.05, 4.69) is 10.1 Å². The van der Waals surface area contributed by atoms with Crippen LogP contribution in [-0.4, -0.2) is 26.2 Å². The summed E-state index contributed by atoms with van der Waals surface area (Å²) in [5, 5.41) is 2.83. The van der Waals surface area contributed by atoms with Crippen molar-refractivity contribution in [3.63, 3.8) is 0 Å². The first-order valence-corrected chi connectivity index (χ1v) is 7.21. The molecule has 7 heteroatoms. The van der Waals surface area contributed by atoms with Gasteiger partial charge in [0.2, 0.25) is 0 Å². The zero-order valence-corrected chi connectivity index (χ0v) is 12.4. The number of benzene rings is 1. The van der Waals surface area contributed by atoms with E-state index < -0.39 is 6.61 Å². The number of carbonyl (C=O) groups is 1. The van der Waals surface area contributed by atoms with Crippen molar-refractivity contribution >= 4 is 11.6 Å². The molecule has 0 aromatic heterocycles. The Hall–Kier alpha value is -2.05. The predicted molar refractivity (Wildman–Crippen MR) is 78.3 cm³/mol. The molecule has 0 spiro atoms. The Morgan fingerprint density at radius 1 is 1.36 bits per heavy atom. The highest BCUT2D eigenvalue weighted by atomic mass is 19.3. The summed E-state index contributed by atoms with van der Waals surface area (Å²) < 4.78 is 33.9. The number of halogens is 2. The van der Waals surface area contributed by atoms with Gasteiger partial charge in [0.25, 0.3) is 5.91 Å². The van der Waals surface area contributed by atoms with E-state index in [1.807, 2.05) is 0 Å². The maximum Gasteiger partial charge on any atom is 0.387 e. The number of carbonyl (C=O) groups excluding carboxylic acids is 1. The molecule has 1 saturated carbocycles. The number of methoxy groups -OCH3 is 1. The normalized spacial score (nSPS) is 15.1. The van der Waals surface area contributed by atoms with Gasteiger partial charge in [0.1, 0.15) is 0 Å². The van der Waals surface area contributed by atoms with Crippen molar-refractivity contribution < 1.29 is 23.0 Å². The van der Waals surface area contributed by atoms with Crippen LogP contribution in [0.2, 0.25) is 0 Å². The average Bonchev–Trinajstić information content (AvgIpc) is 2.97. The summed E-state index contributed by atoms with van der Waals surface area (Å²) in [6, 6.07) is 2.49. The summed E-state index contributed by atoms with van der Waals surface area (Å²) in [7, 11) is 1.31. The van der Waals surface area contributed by atoms with Gasteiger partial charge in [-0.25, -0.2) is 0 Å². The summed E-state index contributed by atoms with van der Waals surface area (Å²) in [5.74, 6) is 0.00247. The molecule has 3 N–H and O–H groups in total. The van der Waals surface area contributed by atoms with Gasteiger partial charge in [-0.1, -0.05) is 12.8 Å². The highest BCUT2D eigenvalue weighted by Gasteiger charge is 2.20. The van der Waals surface area contributed by atoms with Crippen molar-refractivity contribution in [2.75, 3.05) is 19.4 Å². The lowest BCUT2D eigenvalue weighted by atomic mass is 10.1. The summed E-state index contributed by atoms with van der Waals surface area (Å²) in [4.78, 5) is 12.2. The molecule has 5 nitrogen and oxygen atoms in total. The van der Waals surface area contributed by atoms with Crippen molar-refractivity contribution in [3.8, 4) is 11.5 Å². The van der Waals surface area contributed by atoms with Gasteiger partial charge >= 0.3 is 6.61 Å². The summed E-state index contributed by atoms with van der Waals surface area (Å²) >= 11 is 0. The van der Waals surface area contributed by atoms with Gasteiger partial charge in [0.05, 0.1) is 12.7 Å². The molecule has 2 rings (SSSR count). The highest BCUT2D eigenvalue weighted by Crippen LogP contribution is 2.33. The van der Waals surface area contributed by atoms with Crippen molar-refractivity contribution in [1.29, 1.82) is 0 Å². The van der Waals surface area contributed by atoms with E-state index in [1.165, 1.54) is 32.1 Å². The molecule has 1 aromatic rings. The second-order valence-electron chi connectivity index (χ2n) is 5.33. The number of alkyl halides is 2. The molecule has 0 atom stereocenters. The van der Waals surface area contributed by atoms with E-state index in [0.717, 1.165) is 12.8 Å². The van der Waals surface area contributed by atoms with E-state index in [4.69, 9.17) is 10.5 Å². The second kappa shape index (κ2) is 7.29. The Balaban J connectivity index is 2.10. The third-order valence-electron chi connectivity index (χ3n) is 3.82. The summed E-state index contributed by atoms with van der Waals surface area (Å²) in [6.45, 7) is -2.40. The number of hydrogen-bond acceptors (Lipinski definition) is 4. The third kappa shape index (κ3) is 3.99. The van der Waals surface area contributed by atoms with Crippen LogP contribution in [0, 0.1) is 5.92 Å². The van der Waals surface area contributed by atoms with Gasteiger partial charge in [-0.2, -0.15) is 8.78 Å². The van der Waals surface area contributed by atoms with Crippen LogP contribution >= 0.6 is 0 Å². The first kappa shape index (κ1) is 16.3. The molecule has 0 bridgehead atoms. The number of anilines is 1. The van der Waals surface area contributed by atoms with Gasteiger partial charge < -0.3 is 20.5 Å². The quantitative estimate of drug-likeness (QED) is 0.792. The van der Waals surface area contributed by atoms with Crippen LogP contribution < -0.4 is 20.5 Å². The molecule has 0 aliphatic heterocycles. The number of hydrogen-bond donors (Lipinski definition) is 2. The molecule has 1 aliphatic rings. The maximum atomic E-state index is 12.3. The standard InChI is InChI=1S/C15H20F2N2O3/c1-21-12-6-10(11(18)7-13(12)22-15(16)17)14(20)19-8-9-4-2-3-5-9/h6-7,9,15H,2-5,8,18H2,1H3,(H,19,20).